The van der Waals surface area contributed by atoms with Crippen LogP contribution in [0.4, 0.5) is 0 Å². The highest BCUT2D eigenvalue weighted by molar-refractivity contribution is 7.89. The summed E-state index contributed by atoms with van der Waals surface area (Å²) >= 11 is 5.90. The lowest BCUT2D eigenvalue weighted by Gasteiger charge is -2.33. The van der Waals surface area contributed by atoms with E-state index in [0.717, 1.165) is 5.56 Å². The summed E-state index contributed by atoms with van der Waals surface area (Å²) < 4.78 is 32.6. The van der Waals surface area contributed by atoms with E-state index in [0.29, 0.717) is 49.5 Å². The SMILES string of the molecule is N#Cc1ccccc1S(=O)(=O)N1CCN(Cc2nc(-c3ccc(Cl)cc3)no2)CC1. The molecular weight excluding hydrogens is 426 g/mol. The predicted octanol–water partition coefficient (Wildman–Crippen LogP) is 2.77. The number of hydrogen-bond donors (Lipinski definition) is 0. The third kappa shape index (κ3) is 4.22. The van der Waals surface area contributed by atoms with Crippen LogP contribution in [0, 0.1) is 11.3 Å². The summed E-state index contributed by atoms with van der Waals surface area (Å²) in [4.78, 5) is 6.52. The van der Waals surface area contributed by atoms with Crippen molar-refractivity contribution in [2.45, 2.75) is 11.4 Å². The van der Waals surface area contributed by atoms with Gasteiger partial charge in [0.05, 0.1) is 17.0 Å². The predicted molar refractivity (Wildman–Crippen MR) is 110 cm³/mol. The Hall–Kier alpha value is -2.77. The van der Waals surface area contributed by atoms with Crippen molar-refractivity contribution in [2.24, 2.45) is 0 Å². The minimum atomic E-state index is -3.71. The summed E-state index contributed by atoms with van der Waals surface area (Å²) in [7, 11) is -3.71. The van der Waals surface area contributed by atoms with Crippen molar-refractivity contribution < 1.29 is 12.9 Å². The first-order chi connectivity index (χ1) is 14.5. The van der Waals surface area contributed by atoms with E-state index in [1.165, 1.54) is 16.4 Å². The summed E-state index contributed by atoms with van der Waals surface area (Å²) in [6.45, 7) is 2.11. The first-order valence-electron chi connectivity index (χ1n) is 9.27. The Morgan fingerprint density at radius 3 is 2.47 bits per heavy atom. The Balaban J connectivity index is 1.39. The molecule has 0 radical (unpaired) electrons. The zero-order valence-electron chi connectivity index (χ0n) is 15.9. The molecule has 3 aromatic rings. The van der Waals surface area contributed by atoms with Gasteiger partial charge in [-0.25, -0.2) is 8.42 Å². The van der Waals surface area contributed by atoms with Crippen LogP contribution < -0.4 is 0 Å². The second-order valence-corrected chi connectivity index (χ2v) is 9.15. The van der Waals surface area contributed by atoms with Crippen LogP contribution >= 0.6 is 11.6 Å². The lowest BCUT2D eigenvalue weighted by atomic mass is 10.2. The van der Waals surface area contributed by atoms with E-state index >= 15 is 0 Å². The van der Waals surface area contributed by atoms with Crippen LogP contribution in [0.15, 0.2) is 57.9 Å². The van der Waals surface area contributed by atoms with Gasteiger partial charge in [0.25, 0.3) is 0 Å². The molecule has 0 amide bonds. The van der Waals surface area contributed by atoms with Gasteiger partial charge in [-0.3, -0.25) is 4.90 Å². The zero-order valence-corrected chi connectivity index (χ0v) is 17.5. The number of nitrogens with zero attached hydrogens (tertiary/aromatic N) is 5. The third-order valence-corrected chi connectivity index (χ3v) is 7.09. The molecule has 0 spiro atoms. The topological polar surface area (TPSA) is 103 Å². The number of hydrogen-bond acceptors (Lipinski definition) is 7. The molecule has 10 heteroatoms. The lowest BCUT2D eigenvalue weighted by molar-refractivity contribution is 0.163. The molecule has 0 saturated carbocycles. The smallest absolute Gasteiger partial charge is 0.244 e. The Kier molecular flexibility index (Phi) is 5.83. The monoisotopic (exact) mass is 443 g/mol. The van der Waals surface area contributed by atoms with E-state index in [-0.39, 0.29) is 10.5 Å². The van der Waals surface area contributed by atoms with Crippen molar-refractivity contribution in [3.8, 4) is 17.5 Å². The molecule has 1 fully saturated rings. The standard InChI is InChI=1S/C20H18ClN5O3S/c21-17-7-5-15(6-8-17)20-23-19(29-24-20)14-25-9-11-26(12-10-25)30(27,28)18-4-2-1-3-16(18)13-22/h1-8H,9-12,14H2. The molecule has 0 unspecified atom stereocenters. The second-order valence-electron chi connectivity index (χ2n) is 6.81. The zero-order chi connectivity index (χ0) is 21.1. The molecule has 154 valence electrons. The largest absolute Gasteiger partial charge is 0.338 e. The number of piperazine rings is 1. The molecule has 8 nitrogen and oxygen atoms in total. The Bertz CT molecular complexity index is 1180. The van der Waals surface area contributed by atoms with E-state index in [1.54, 1.807) is 24.3 Å². The van der Waals surface area contributed by atoms with Crippen LogP contribution in [0.2, 0.25) is 5.02 Å². The summed E-state index contributed by atoms with van der Waals surface area (Å²) in [5.74, 6) is 0.946. The molecule has 2 heterocycles. The van der Waals surface area contributed by atoms with Crippen LogP contribution in [0.5, 0.6) is 0 Å². The number of benzene rings is 2. The van der Waals surface area contributed by atoms with Crippen LogP contribution in [-0.2, 0) is 16.6 Å². The molecule has 0 aliphatic carbocycles. The molecule has 1 saturated heterocycles. The molecule has 30 heavy (non-hydrogen) atoms. The van der Waals surface area contributed by atoms with Gasteiger partial charge >= 0.3 is 0 Å². The molecule has 0 N–H and O–H groups in total. The van der Waals surface area contributed by atoms with Gasteiger partial charge < -0.3 is 4.52 Å². The highest BCUT2D eigenvalue weighted by atomic mass is 35.5. The Morgan fingerprint density at radius 2 is 1.77 bits per heavy atom. The van der Waals surface area contributed by atoms with Crippen molar-refractivity contribution in [3.05, 3.63) is 65.0 Å². The number of nitriles is 1. The van der Waals surface area contributed by atoms with E-state index in [1.807, 2.05) is 18.2 Å². The van der Waals surface area contributed by atoms with Crippen molar-refractivity contribution in [1.82, 2.24) is 19.3 Å². The second kappa shape index (κ2) is 8.53. The maximum absolute atomic E-state index is 12.9. The van der Waals surface area contributed by atoms with Crippen LogP contribution in [0.25, 0.3) is 11.4 Å². The van der Waals surface area contributed by atoms with Crippen LogP contribution in [-0.4, -0.2) is 53.9 Å². The lowest BCUT2D eigenvalue weighted by Crippen LogP contribution is -2.48. The fraction of sp³-hybridized carbons (Fsp3) is 0.250. The molecule has 1 aliphatic rings. The molecular formula is C20H18ClN5O3S. The average Bonchev–Trinajstić information content (AvgIpc) is 3.23. The normalized spacial score (nSPS) is 15.7. The number of aromatic nitrogens is 2. The highest BCUT2D eigenvalue weighted by Gasteiger charge is 2.30. The summed E-state index contributed by atoms with van der Waals surface area (Å²) in [5.41, 5.74) is 0.960. The van der Waals surface area contributed by atoms with Crippen molar-refractivity contribution in [2.75, 3.05) is 26.2 Å². The van der Waals surface area contributed by atoms with Gasteiger partial charge in [-0.2, -0.15) is 14.6 Å². The van der Waals surface area contributed by atoms with Gasteiger partial charge in [0.1, 0.15) is 6.07 Å². The Morgan fingerprint density at radius 1 is 1.07 bits per heavy atom. The van der Waals surface area contributed by atoms with E-state index in [9.17, 15) is 13.7 Å². The molecule has 1 aliphatic heterocycles. The number of halogens is 1. The third-order valence-electron chi connectivity index (χ3n) is 4.89. The van der Waals surface area contributed by atoms with Crippen molar-refractivity contribution in [3.63, 3.8) is 0 Å². The molecule has 4 rings (SSSR count). The fourth-order valence-electron chi connectivity index (χ4n) is 3.28. The Labute approximate surface area is 179 Å². The van der Waals surface area contributed by atoms with Crippen molar-refractivity contribution >= 4 is 21.6 Å². The van der Waals surface area contributed by atoms with Gasteiger partial charge in [0.15, 0.2) is 0 Å². The molecule has 0 bridgehead atoms. The first-order valence-corrected chi connectivity index (χ1v) is 11.1. The van der Waals surface area contributed by atoms with Crippen LogP contribution in [0.3, 0.4) is 0 Å². The average molecular weight is 444 g/mol. The molecule has 2 aromatic carbocycles. The molecule has 1 aromatic heterocycles. The number of rotatable bonds is 5. The van der Waals surface area contributed by atoms with Gasteiger partial charge in [-0.15, -0.1) is 0 Å². The maximum Gasteiger partial charge on any atom is 0.244 e. The van der Waals surface area contributed by atoms with E-state index in [4.69, 9.17) is 16.1 Å². The van der Waals surface area contributed by atoms with E-state index in [2.05, 4.69) is 15.0 Å². The minimum absolute atomic E-state index is 0.0467. The first kappa shape index (κ1) is 20.5. The molecule has 0 atom stereocenters. The summed E-state index contributed by atoms with van der Waals surface area (Å²) in [5, 5.41) is 13.8. The van der Waals surface area contributed by atoms with Gasteiger partial charge in [-0.05, 0) is 36.4 Å². The summed E-state index contributed by atoms with van der Waals surface area (Å²) in [6, 6.07) is 15.4. The van der Waals surface area contributed by atoms with Gasteiger partial charge in [0, 0.05) is 36.8 Å². The minimum Gasteiger partial charge on any atom is -0.338 e. The highest BCUT2D eigenvalue weighted by Crippen LogP contribution is 2.22. The van der Waals surface area contributed by atoms with E-state index < -0.39 is 10.0 Å². The van der Waals surface area contributed by atoms with Crippen molar-refractivity contribution in [1.29, 1.82) is 5.26 Å². The quantitative estimate of drug-likeness (QED) is 0.597. The van der Waals surface area contributed by atoms with Gasteiger partial charge in [-0.1, -0.05) is 28.9 Å². The number of sulfonamides is 1. The maximum atomic E-state index is 12.9. The summed E-state index contributed by atoms with van der Waals surface area (Å²) in [6.07, 6.45) is 0. The fourth-order valence-corrected chi connectivity index (χ4v) is 4.97. The van der Waals surface area contributed by atoms with Gasteiger partial charge in [0.2, 0.25) is 21.7 Å². The van der Waals surface area contributed by atoms with Crippen LogP contribution in [0.1, 0.15) is 11.5 Å².